The summed E-state index contributed by atoms with van der Waals surface area (Å²) >= 11 is 0. The lowest BCUT2D eigenvalue weighted by molar-refractivity contribution is -0.129. The van der Waals surface area contributed by atoms with Gasteiger partial charge < -0.3 is 9.47 Å². The number of amides is 1. The normalized spacial score (nSPS) is 18.9. The van der Waals surface area contributed by atoms with E-state index in [0.717, 1.165) is 29.9 Å². The van der Waals surface area contributed by atoms with E-state index in [1.54, 1.807) is 0 Å². The Morgan fingerprint density at radius 3 is 2.86 bits per heavy atom. The van der Waals surface area contributed by atoms with Crippen LogP contribution in [0.15, 0.2) is 36.9 Å². The minimum Gasteiger partial charge on any atom is -0.340 e. The molecule has 0 unspecified atom stereocenters. The molecule has 2 aromatic rings. The van der Waals surface area contributed by atoms with E-state index in [1.165, 1.54) is 0 Å². The van der Waals surface area contributed by atoms with Crippen molar-refractivity contribution in [1.29, 1.82) is 0 Å². The molecule has 1 fully saturated rings. The van der Waals surface area contributed by atoms with Crippen LogP contribution >= 0.6 is 0 Å². The summed E-state index contributed by atoms with van der Waals surface area (Å²) in [5.74, 6) is 1.41. The third-order valence-electron chi connectivity index (χ3n) is 4.14. The highest BCUT2D eigenvalue weighted by molar-refractivity contribution is 5.81. The second-order valence-electron chi connectivity index (χ2n) is 5.90. The van der Waals surface area contributed by atoms with Crippen LogP contribution in [0.4, 0.5) is 0 Å². The van der Waals surface area contributed by atoms with E-state index in [0.29, 0.717) is 6.42 Å². The molecule has 2 heterocycles. The van der Waals surface area contributed by atoms with Crippen molar-refractivity contribution >= 4 is 16.9 Å². The van der Waals surface area contributed by atoms with Crippen LogP contribution in [0.1, 0.15) is 32.0 Å². The average Bonchev–Trinajstić information content (AvgIpc) is 3.01. The third kappa shape index (κ3) is 2.35. The number of carbonyl (C=O) groups is 1. The second kappa shape index (κ2) is 5.35. The van der Waals surface area contributed by atoms with Gasteiger partial charge in [-0.3, -0.25) is 4.79 Å². The molecule has 1 aliphatic rings. The Hall–Kier alpha value is -2.10. The number of fused-ring (bicyclic) bond motifs is 1. The van der Waals surface area contributed by atoms with E-state index in [2.05, 4.69) is 31.1 Å². The highest BCUT2D eigenvalue weighted by Crippen LogP contribution is 2.31. The molecule has 3 rings (SSSR count). The maximum Gasteiger partial charge on any atom is 0.223 e. The molecule has 1 aromatic carbocycles. The van der Waals surface area contributed by atoms with Gasteiger partial charge in [0.05, 0.1) is 11.0 Å². The molecule has 0 radical (unpaired) electrons. The minimum atomic E-state index is 0.173. The molecule has 21 heavy (non-hydrogen) atoms. The SMILES string of the molecule is C=CCn1c([C@H]2CC(=O)N(C(C)C)C2)nc2ccccc21. The number of likely N-dealkylation sites (tertiary alicyclic amines) is 1. The number of para-hydroxylation sites is 2. The second-order valence-corrected chi connectivity index (χ2v) is 5.90. The van der Waals surface area contributed by atoms with Gasteiger partial charge in [-0.25, -0.2) is 4.98 Å². The van der Waals surface area contributed by atoms with Gasteiger partial charge in [-0.2, -0.15) is 0 Å². The summed E-state index contributed by atoms with van der Waals surface area (Å²) < 4.78 is 2.18. The van der Waals surface area contributed by atoms with E-state index < -0.39 is 0 Å². The lowest BCUT2D eigenvalue weighted by atomic mass is 10.1. The molecule has 0 spiro atoms. The van der Waals surface area contributed by atoms with Gasteiger partial charge in [-0.1, -0.05) is 18.2 Å². The minimum absolute atomic E-state index is 0.173. The number of allylic oxidation sites excluding steroid dienone is 1. The van der Waals surface area contributed by atoms with Gasteiger partial charge in [-0.15, -0.1) is 6.58 Å². The van der Waals surface area contributed by atoms with E-state index in [-0.39, 0.29) is 17.9 Å². The Morgan fingerprint density at radius 1 is 1.43 bits per heavy atom. The van der Waals surface area contributed by atoms with E-state index in [1.807, 2.05) is 29.2 Å². The van der Waals surface area contributed by atoms with E-state index >= 15 is 0 Å². The maximum absolute atomic E-state index is 12.2. The zero-order chi connectivity index (χ0) is 15.0. The lowest BCUT2D eigenvalue weighted by Crippen LogP contribution is -2.32. The largest absolute Gasteiger partial charge is 0.340 e. The molecule has 0 bridgehead atoms. The number of nitrogens with zero attached hydrogens (tertiary/aromatic N) is 3. The van der Waals surface area contributed by atoms with Gasteiger partial charge in [0.25, 0.3) is 0 Å². The van der Waals surface area contributed by atoms with Gasteiger partial charge in [0.2, 0.25) is 5.91 Å². The number of benzene rings is 1. The molecular weight excluding hydrogens is 262 g/mol. The fraction of sp³-hybridized carbons (Fsp3) is 0.412. The maximum atomic E-state index is 12.2. The van der Waals surface area contributed by atoms with Gasteiger partial charge >= 0.3 is 0 Å². The molecule has 1 atom stereocenters. The first kappa shape index (κ1) is 13.9. The molecule has 1 amide bonds. The Bertz CT molecular complexity index is 686. The van der Waals surface area contributed by atoms with Gasteiger partial charge in [-0.05, 0) is 26.0 Å². The van der Waals surface area contributed by atoms with Crippen molar-refractivity contribution in [2.45, 2.75) is 38.8 Å². The van der Waals surface area contributed by atoms with Gasteiger partial charge in [0.1, 0.15) is 5.82 Å². The number of rotatable bonds is 4. The Balaban J connectivity index is 2.02. The third-order valence-corrected chi connectivity index (χ3v) is 4.14. The van der Waals surface area contributed by atoms with Crippen molar-refractivity contribution in [2.24, 2.45) is 0 Å². The molecular formula is C17H21N3O. The predicted molar refractivity (Wildman–Crippen MR) is 84.1 cm³/mol. The smallest absolute Gasteiger partial charge is 0.223 e. The number of hydrogen-bond donors (Lipinski definition) is 0. The van der Waals surface area contributed by atoms with Crippen molar-refractivity contribution in [2.75, 3.05) is 6.54 Å². The van der Waals surface area contributed by atoms with Crippen molar-refractivity contribution in [1.82, 2.24) is 14.5 Å². The van der Waals surface area contributed by atoms with Crippen LogP contribution in [-0.4, -0.2) is 32.9 Å². The molecule has 1 aliphatic heterocycles. The first-order valence-electron chi connectivity index (χ1n) is 7.47. The number of hydrogen-bond acceptors (Lipinski definition) is 2. The van der Waals surface area contributed by atoms with Crippen molar-refractivity contribution in [3.63, 3.8) is 0 Å². The quantitative estimate of drug-likeness (QED) is 0.809. The summed E-state index contributed by atoms with van der Waals surface area (Å²) in [4.78, 5) is 18.9. The molecule has 1 saturated heterocycles. The standard InChI is InChI=1S/C17H21N3O/c1-4-9-19-15-8-6-5-7-14(15)18-17(19)13-10-16(21)20(11-13)12(2)3/h4-8,12-13H,1,9-11H2,2-3H3/t13-/m0/s1. The van der Waals surface area contributed by atoms with Crippen LogP contribution in [0.2, 0.25) is 0 Å². The molecule has 110 valence electrons. The van der Waals surface area contributed by atoms with Crippen molar-refractivity contribution in [3.8, 4) is 0 Å². The Kier molecular flexibility index (Phi) is 3.53. The number of aromatic nitrogens is 2. The van der Waals surface area contributed by atoms with Gasteiger partial charge in [0, 0.05) is 31.5 Å². The Labute approximate surface area is 125 Å². The zero-order valence-electron chi connectivity index (χ0n) is 12.6. The van der Waals surface area contributed by atoms with E-state index in [9.17, 15) is 4.79 Å². The van der Waals surface area contributed by atoms with Crippen LogP contribution in [0.3, 0.4) is 0 Å². The van der Waals surface area contributed by atoms with Crippen LogP contribution in [0.5, 0.6) is 0 Å². The van der Waals surface area contributed by atoms with Crippen LogP contribution in [0, 0.1) is 0 Å². The van der Waals surface area contributed by atoms with Crippen LogP contribution in [0.25, 0.3) is 11.0 Å². The van der Waals surface area contributed by atoms with Crippen molar-refractivity contribution < 1.29 is 4.79 Å². The summed E-state index contributed by atoms with van der Waals surface area (Å²) in [6.07, 6.45) is 2.44. The highest BCUT2D eigenvalue weighted by atomic mass is 16.2. The van der Waals surface area contributed by atoms with Crippen molar-refractivity contribution in [3.05, 3.63) is 42.7 Å². The first-order chi connectivity index (χ1) is 10.1. The fourth-order valence-electron chi connectivity index (χ4n) is 3.13. The molecule has 1 aromatic heterocycles. The Morgan fingerprint density at radius 2 is 2.19 bits per heavy atom. The lowest BCUT2D eigenvalue weighted by Gasteiger charge is -2.21. The number of carbonyl (C=O) groups excluding carboxylic acids is 1. The number of imidazole rings is 1. The summed E-state index contributed by atoms with van der Waals surface area (Å²) in [6, 6.07) is 8.37. The highest BCUT2D eigenvalue weighted by Gasteiger charge is 2.34. The summed E-state index contributed by atoms with van der Waals surface area (Å²) in [5.41, 5.74) is 2.10. The fourth-order valence-corrected chi connectivity index (χ4v) is 3.13. The topological polar surface area (TPSA) is 38.1 Å². The summed E-state index contributed by atoms with van der Waals surface area (Å²) in [7, 11) is 0. The zero-order valence-corrected chi connectivity index (χ0v) is 12.6. The molecule has 4 heteroatoms. The van der Waals surface area contributed by atoms with E-state index in [4.69, 9.17) is 4.98 Å². The molecule has 0 saturated carbocycles. The van der Waals surface area contributed by atoms with Crippen LogP contribution < -0.4 is 0 Å². The summed E-state index contributed by atoms with van der Waals surface area (Å²) in [5, 5.41) is 0. The first-order valence-corrected chi connectivity index (χ1v) is 7.47. The van der Waals surface area contributed by atoms with Crippen LogP contribution in [-0.2, 0) is 11.3 Å². The summed E-state index contributed by atoms with van der Waals surface area (Å²) in [6.45, 7) is 9.45. The monoisotopic (exact) mass is 283 g/mol. The molecule has 0 N–H and O–H groups in total. The average molecular weight is 283 g/mol. The predicted octanol–water partition coefficient (Wildman–Crippen LogP) is 2.95. The molecule has 0 aliphatic carbocycles. The van der Waals surface area contributed by atoms with Gasteiger partial charge in [0.15, 0.2) is 0 Å². The molecule has 4 nitrogen and oxygen atoms in total.